The Balaban J connectivity index is 1.56. The summed E-state index contributed by atoms with van der Waals surface area (Å²) in [7, 11) is -3.61. The normalized spacial score (nSPS) is 22.2. The first-order valence-corrected chi connectivity index (χ1v) is 11.3. The molecule has 0 aromatic heterocycles. The fourth-order valence-electron chi connectivity index (χ4n) is 3.91. The minimum absolute atomic E-state index is 0.0805. The average molecular weight is 408 g/mol. The van der Waals surface area contributed by atoms with Gasteiger partial charge in [-0.1, -0.05) is 19.1 Å². The van der Waals surface area contributed by atoms with Crippen LogP contribution in [0.15, 0.2) is 29.2 Å². The molecule has 154 valence electrons. The Morgan fingerprint density at radius 3 is 2.25 bits per heavy atom. The minimum Gasteiger partial charge on any atom is -0.339 e. The first kappa shape index (κ1) is 21.0. The zero-order valence-corrected chi connectivity index (χ0v) is 17.5. The van der Waals surface area contributed by atoms with E-state index in [0.717, 1.165) is 19.5 Å². The molecule has 0 bridgehead atoms. The van der Waals surface area contributed by atoms with Gasteiger partial charge in [-0.3, -0.25) is 14.5 Å². The molecule has 2 heterocycles. The Bertz CT molecular complexity index is 814. The van der Waals surface area contributed by atoms with Crippen LogP contribution in [0.1, 0.15) is 37.0 Å². The molecule has 0 N–H and O–H groups in total. The largest absolute Gasteiger partial charge is 0.339 e. The molecule has 0 aliphatic carbocycles. The van der Waals surface area contributed by atoms with E-state index in [0.29, 0.717) is 44.2 Å². The molecular formula is C20H29N3O4S. The molecule has 8 heteroatoms. The number of rotatable bonds is 5. The van der Waals surface area contributed by atoms with E-state index >= 15 is 0 Å². The quantitative estimate of drug-likeness (QED) is 0.691. The smallest absolute Gasteiger partial charge is 0.243 e. The standard InChI is InChI=1S/C20H29N3O4S/c1-16-4-3-9-21(14-16)15-20(25)22-10-12-23(13-11-22)28(26,27)19-7-5-18(6-8-19)17(2)24/h5-8,16H,3-4,9-15H2,1-2H3/t16-/m1/s1. The van der Waals surface area contributed by atoms with Crippen LogP contribution >= 0.6 is 0 Å². The first-order chi connectivity index (χ1) is 13.3. The molecular weight excluding hydrogens is 378 g/mol. The van der Waals surface area contributed by atoms with Gasteiger partial charge in [0.1, 0.15) is 0 Å². The number of piperidine rings is 1. The predicted molar refractivity (Wildman–Crippen MR) is 107 cm³/mol. The monoisotopic (exact) mass is 407 g/mol. The molecule has 3 rings (SSSR count). The van der Waals surface area contributed by atoms with Crippen molar-refractivity contribution in [1.29, 1.82) is 0 Å². The SMILES string of the molecule is CC(=O)c1ccc(S(=O)(=O)N2CCN(C(=O)CN3CCC[C@@H](C)C3)CC2)cc1. The van der Waals surface area contributed by atoms with Gasteiger partial charge < -0.3 is 4.90 Å². The number of benzene rings is 1. The van der Waals surface area contributed by atoms with E-state index in [4.69, 9.17) is 0 Å². The van der Waals surface area contributed by atoms with Gasteiger partial charge in [0.2, 0.25) is 15.9 Å². The highest BCUT2D eigenvalue weighted by Gasteiger charge is 2.31. The third-order valence-corrected chi connectivity index (χ3v) is 7.50. The third-order valence-electron chi connectivity index (χ3n) is 5.59. The number of carbonyl (C=O) groups excluding carboxylic acids is 2. The Hall–Kier alpha value is -1.77. The molecule has 2 aliphatic heterocycles. The van der Waals surface area contributed by atoms with Crippen LogP contribution in [0.25, 0.3) is 0 Å². The summed E-state index contributed by atoms with van der Waals surface area (Å²) in [6.07, 6.45) is 2.34. The van der Waals surface area contributed by atoms with Crippen LogP contribution in [-0.2, 0) is 14.8 Å². The maximum atomic E-state index is 12.8. The highest BCUT2D eigenvalue weighted by Crippen LogP contribution is 2.19. The van der Waals surface area contributed by atoms with Crippen LogP contribution in [0, 0.1) is 5.92 Å². The second-order valence-electron chi connectivity index (χ2n) is 7.85. The first-order valence-electron chi connectivity index (χ1n) is 9.88. The summed E-state index contributed by atoms with van der Waals surface area (Å²) in [5, 5.41) is 0. The zero-order valence-electron chi connectivity index (χ0n) is 16.6. The van der Waals surface area contributed by atoms with Gasteiger partial charge in [0.25, 0.3) is 0 Å². The van der Waals surface area contributed by atoms with Crippen molar-refractivity contribution in [3.63, 3.8) is 0 Å². The van der Waals surface area contributed by atoms with Crippen LogP contribution in [0.5, 0.6) is 0 Å². The number of carbonyl (C=O) groups is 2. The van der Waals surface area contributed by atoms with Gasteiger partial charge in [0.05, 0.1) is 11.4 Å². The lowest BCUT2D eigenvalue weighted by Gasteiger charge is -2.36. The molecule has 1 aromatic carbocycles. The maximum absolute atomic E-state index is 12.8. The number of hydrogen-bond donors (Lipinski definition) is 0. The maximum Gasteiger partial charge on any atom is 0.243 e. The molecule has 0 spiro atoms. The summed E-state index contributed by atoms with van der Waals surface area (Å²) in [6, 6.07) is 6.02. The van der Waals surface area contributed by atoms with Gasteiger partial charge in [-0.15, -0.1) is 0 Å². The minimum atomic E-state index is -3.61. The second kappa shape index (κ2) is 8.71. The van der Waals surface area contributed by atoms with Crippen LogP contribution < -0.4 is 0 Å². The van der Waals surface area contributed by atoms with Crippen molar-refractivity contribution < 1.29 is 18.0 Å². The molecule has 0 radical (unpaired) electrons. The van der Waals surface area contributed by atoms with E-state index in [2.05, 4.69) is 11.8 Å². The van der Waals surface area contributed by atoms with Crippen molar-refractivity contribution in [2.75, 3.05) is 45.8 Å². The molecule has 28 heavy (non-hydrogen) atoms. The number of ketones is 1. The lowest BCUT2D eigenvalue weighted by molar-refractivity contribution is -0.134. The molecule has 2 fully saturated rings. The third kappa shape index (κ3) is 4.79. The Morgan fingerprint density at radius 2 is 1.68 bits per heavy atom. The molecule has 2 saturated heterocycles. The molecule has 0 saturated carbocycles. The van der Waals surface area contributed by atoms with Gasteiger partial charge in [-0.25, -0.2) is 8.42 Å². The number of piperazine rings is 1. The van der Waals surface area contributed by atoms with E-state index in [-0.39, 0.29) is 16.6 Å². The van der Waals surface area contributed by atoms with Crippen molar-refractivity contribution in [3.05, 3.63) is 29.8 Å². The number of nitrogens with zero attached hydrogens (tertiary/aromatic N) is 3. The van der Waals surface area contributed by atoms with E-state index in [1.165, 1.54) is 41.9 Å². The molecule has 2 aliphatic rings. The van der Waals surface area contributed by atoms with Gasteiger partial charge >= 0.3 is 0 Å². The lowest BCUT2D eigenvalue weighted by atomic mass is 10.0. The topological polar surface area (TPSA) is 78.0 Å². The second-order valence-corrected chi connectivity index (χ2v) is 9.79. The van der Waals surface area contributed by atoms with Crippen LogP contribution in [0.2, 0.25) is 0 Å². The molecule has 1 amide bonds. The Labute approximate surface area is 167 Å². The van der Waals surface area contributed by atoms with Crippen molar-refractivity contribution >= 4 is 21.7 Å². The highest BCUT2D eigenvalue weighted by molar-refractivity contribution is 7.89. The van der Waals surface area contributed by atoms with Crippen molar-refractivity contribution in [1.82, 2.24) is 14.1 Å². The van der Waals surface area contributed by atoms with E-state index in [1.807, 2.05) is 0 Å². The number of Topliss-reactive ketones (excluding diaryl/α,β-unsaturated/α-hetero) is 1. The van der Waals surface area contributed by atoms with Crippen LogP contribution in [0.3, 0.4) is 0 Å². The number of amides is 1. The highest BCUT2D eigenvalue weighted by atomic mass is 32.2. The fraction of sp³-hybridized carbons (Fsp3) is 0.600. The Kier molecular flexibility index (Phi) is 6.52. The van der Waals surface area contributed by atoms with E-state index in [1.54, 1.807) is 4.90 Å². The zero-order chi connectivity index (χ0) is 20.3. The summed E-state index contributed by atoms with van der Waals surface area (Å²) >= 11 is 0. The molecule has 1 aromatic rings. The van der Waals surface area contributed by atoms with Crippen LogP contribution in [-0.4, -0.2) is 80.0 Å². The summed E-state index contributed by atoms with van der Waals surface area (Å²) < 4.78 is 27.1. The van der Waals surface area contributed by atoms with Crippen molar-refractivity contribution in [2.45, 2.75) is 31.6 Å². The molecule has 1 atom stereocenters. The van der Waals surface area contributed by atoms with E-state index < -0.39 is 10.0 Å². The lowest BCUT2D eigenvalue weighted by Crippen LogP contribution is -2.53. The van der Waals surface area contributed by atoms with Crippen LogP contribution in [0.4, 0.5) is 0 Å². The van der Waals surface area contributed by atoms with Gasteiger partial charge in [-0.2, -0.15) is 4.31 Å². The summed E-state index contributed by atoms with van der Waals surface area (Å²) in [5.74, 6) is 0.606. The van der Waals surface area contributed by atoms with Gasteiger partial charge in [0, 0.05) is 38.3 Å². The van der Waals surface area contributed by atoms with Crippen molar-refractivity contribution in [2.24, 2.45) is 5.92 Å². The van der Waals surface area contributed by atoms with Gasteiger partial charge in [0.15, 0.2) is 5.78 Å². The number of likely N-dealkylation sites (tertiary alicyclic amines) is 1. The molecule has 0 unspecified atom stereocenters. The summed E-state index contributed by atoms with van der Waals surface area (Å²) in [5.41, 5.74) is 0.487. The van der Waals surface area contributed by atoms with Gasteiger partial charge in [-0.05, 0) is 44.4 Å². The molecule has 7 nitrogen and oxygen atoms in total. The number of hydrogen-bond acceptors (Lipinski definition) is 5. The van der Waals surface area contributed by atoms with E-state index in [9.17, 15) is 18.0 Å². The Morgan fingerprint density at radius 1 is 1.04 bits per heavy atom. The fourth-order valence-corrected chi connectivity index (χ4v) is 5.33. The summed E-state index contributed by atoms with van der Waals surface area (Å²) in [6.45, 7) is 7.39. The predicted octanol–water partition coefficient (Wildman–Crippen LogP) is 1.45. The average Bonchev–Trinajstić information content (AvgIpc) is 2.68. The summed E-state index contributed by atoms with van der Waals surface area (Å²) in [4.78, 5) is 28.1. The van der Waals surface area contributed by atoms with Crippen molar-refractivity contribution in [3.8, 4) is 0 Å². The number of sulfonamides is 1.